The van der Waals surface area contributed by atoms with Gasteiger partial charge in [-0.05, 0) is 56.6 Å². The molecular weight excluding hydrogens is 546 g/mol. The first-order valence-corrected chi connectivity index (χ1v) is 15.4. The van der Waals surface area contributed by atoms with Crippen molar-refractivity contribution in [2.75, 3.05) is 0 Å². The van der Waals surface area contributed by atoms with E-state index in [9.17, 15) is 0 Å². The minimum Gasteiger partial charge on any atom is -0.208 e. The predicted octanol–water partition coefficient (Wildman–Crippen LogP) is 10.5. The monoisotopic (exact) mass is 577 g/mol. The van der Waals surface area contributed by atoms with E-state index in [1.54, 1.807) is 0 Å². The van der Waals surface area contributed by atoms with Gasteiger partial charge in [-0.3, -0.25) is 0 Å². The molecule has 3 heteroatoms. The second-order valence-electron chi connectivity index (χ2n) is 12.1. The van der Waals surface area contributed by atoms with E-state index in [2.05, 4.69) is 105 Å². The molecular formula is C42H31N3. The lowest BCUT2D eigenvalue weighted by molar-refractivity contribution is 0.662. The fourth-order valence-corrected chi connectivity index (χ4v) is 6.73. The molecule has 7 aromatic rings. The van der Waals surface area contributed by atoms with Gasteiger partial charge in [-0.1, -0.05) is 153 Å². The summed E-state index contributed by atoms with van der Waals surface area (Å²) in [5.41, 5.74) is 13.0. The van der Waals surface area contributed by atoms with Crippen LogP contribution in [-0.4, -0.2) is 15.0 Å². The lowest BCUT2D eigenvalue weighted by Gasteiger charge is -2.24. The van der Waals surface area contributed by atoms with Gasteiger partial charge in [0, 0.05) is 22.1 Å². The maximum Gasteiger partial charge on any atom is 0.164 e. The zero-order chi connectivity index (χ0) is 30.4. The molecule has 0 unspecified atom stereocenters. The summed E-state index contributed by atoms with van der Waals surface area (Å²) in [7, 11) is 0. The molecule has 0 N–H and O–H groups in total. The molecule has 0 spiro atoms. The molecule has 1 heterocycles. The van der Waals surface area contributed by atoms with Gasteiger partial charge in [-0.25, -0.2) is 15.0 Å². The zero-order valence-corrected chi connectivity index (χ0v) is 25.3. The minimum atomic E-state index is -0.0793. The van der Waals surface area contributed by atoms with E-state index in [1.807, 2.05) is 60.7 Å². The normalized spacial score (nSPS) is 12.8. The summed E-state index contributed by atoms with van der Waals surface area (Å²) in [5.74, 6) is 1.97. The molecule has 1 aliphatic rings. The molecule has 1 aliphatic carbocycles. The zero-order valence-electron chi connectivity index (χ0n) is 25.3. The number of nitrogens with zero attached hydrogens (tertiary/aromatic N) is 3. The van der Waals surface area contributed by atoms with Crippen LogP contribution >= 0.6 is 0 Å². The molecule has 0 atom stereocenters. The van der Waals surface area contributed by atoms with Gasteiger partial charge in [0.1, 0.15) is 0 Å². The van der Waals surface area contributed by atoms with E-state index in [4.69, 9.17) is 15.0 Å². The summed E-state index contributed by atoms with van der Waals surface area (Å²) < 4.78 is 0. The lowest BCUT2D eigenvalue weighted by atomic mass is 9.78. The fraction of sp³-hybridized carbons (Fsp3) is 0.0714. The highest BCUT2D eigenvalue weighted by atomic mass is 15.0. The van der Waals surface area contributed by atoms with Crippen LogP contribution in [-0.2, 0) is 5.41 Å². The molecule has 1 aromatic heterocycles. The van der Waals surface area contributed by atoms with Gasteiger partial charge in [0.25, 0.3) is 0 Å². The first-order chi connectivity index (χ1) is 22.1. The van der Waals surface area contributed by atoms with Crippen LogP contribution in [0.15, 0.2) is 152 Å². The minimum absolute atomic E-state index is 0.0793. The number of hydrogen-bond donors (Lipinski definition) is 0. The van der Waals surface area contributed by atoms with Gasteiger partial charge in [-0.2, -0.15) is 0 Å². The number of aromatic nitrogens is 3. The lowest BCUT2D eigenvalue weighted by Crippen LogP contribution is -2.16. The van der Waals surface area contributed by atoms with Crippen molar-refractivity contribution in [3.05, 3.63) is 163 Å². The second kappa shape index (κ2) is 10.8. The maximum absolute atomic E-state index is 4.95. The standard InChI is InChI=1S/C42H31N3/c1-42(2)37-25-10-9-22-35(37)36-24-13-23-34(38(36)42)32-20-11-18-30(26-32)31-19-12-21-33(27-31)41-44-39(28-14-5-3-6-15-28)43-40(45-41)29-16-7-4-8-17-29/h3-27H,1-2H3. The van der Waals surface area contributed by atoms with E-state index >= 15 is 0 Å². The molecule has 0 aliphatic heterocycles. The van der Waals surface area contributed by atoms with Crippen molar-refractivity contribution < 1.29 is 0 Å². The van der Waals surface area contributed by atoms with E-state index < -0.39 is 0 Å². The van der Waals surface area contributed by atoms with Gasteiger partial charge in [0.15, 0.2) is 17.5 Å². The highest BCUT2D eigenvalue weighted by molar-refractivity contribution is 5.89. The Bertz CT molecular complexity index is 2130. The third-order valence-electron chi connectivity index (χ3n) is 8.91. The molecule has 0 saturated carbocycles. The van der Waals surface area contributed by atoms with Crippen LogP contribution in [0.25, 0.3) is 67.5 Å². The van der Waals surface area contributed by atoms with E-state index in [0.717, 1.165) is 27.8 Å². The van der Waals surface area contributed by atoms with Crippen molar-refractivity contribution in [3.8, 4) is 67.5 Å². The summed E-state index contributed by atoms with van der Waals surface area (Å²) in [4.78, 5) is 14.8. The Morgan fingerprint density at radius 2 is 0.778 bits per heavy atom. The van der Waals surface area contributed by atoms with Gasteiger partial charge in [0.05, 0.1) is 0 Å². The number of fused-ring (bicyclic) bond motifs is 3. The molecule has 8 rings (SSSR count). The Hall–Kier alpha value is -5.67. The summed E-state index contributed by atoms with van der Waals surface area (Å²) >= 11 is 0. The molecule has 45 heavy (non-hydrogen) atoms. The summed E-state index contributed by atoms with van der Waals surface area (Å²) in [6.45, 7) is 4.69. The average molecular weight is 578 g/mol. The van der Waals surface area contributed by atoms with Crippen LogP contribution in [0.4, 0.5) is 0 Å². The number of rotatable bonds is 5. The van der Waals surface area contributed by atoms with E-state index in [-0.39, 0.29) is 5.41 Å². The van der Waals surface area contributed by atoms with Gasteiger partial charge >= 0.3 is 0 Å². The first-order valence-electron chi connectivity index (χ1n) is 15.4. The molecule has 0 saturated heterocycles. The predicted molar refractivity (Wildman–Crippen MR) is 185 cm³/mol. The number of benzene rings is 6. The molecule has 214 valence electrons. The topological polar surface area (TPSA) is 38.7 Å². The van der Waals surface area contributed by atoms with Crippen LogP contribution in [0.2, 0.25) is 0 Å². The second-order valence-corrected chi connectivity index (χ2v) is 12.1. The Morgan fingerprint density at radius 3 is 1.42 bits per heavy atom. The largest absolute Gasteiger partial charge is 0.208 e. The summed E-state index contributed by atoms with van der Waals surface area (Å²) in [6.07, 6.45) is 0. The molecule has 0 radical (unpaired) electrons. The third kappa shape index (κ3) is 4.74. The smallest absolute Gasteiger partial charge is 0.164 e. The van der Waals surface area contributed by atoms with Gasteiger partial charge in [-0.15, -0.1) is 0 Å². The van der Waals surface area contributed by atoms with Crippen molar-refractivity contribution >= 4 is 0 Å². The van der Waals surface area contributed by atoms with Crippen LogP contribution in [0.5, 0.6) is 0 Å². The molecule has 3 nitrogen and oxygen atoms in total. The first kappa shape index (κ1) is 26.9. The van der Waals surface area contributed by atoms with Crippen LogP contribution < -0.4 is 0 Å². The fourth-order valence-electron chi connectivity index (χ4n) is 6.73. The quantitative estimate of drug-likeness (QED) is 0.204. The Kier molecular flexibility index (Phi) is 6.46. The van der Waals surface area contributed by atoms with Gasteiger partial charge < -0.3 is 0 Å². The van der Waals surface area contributed by atoms with Crippen molar-refractivity contribution in [3.63, 3.8) is 0 Å². The Morgan fingerprint density at radius 1 is 0.356 bits per heavy atom. The maximum atomic E-state index is 4.95. The SMILES string of the molecule is CC1(C)c2ccccc2-c2cccc(-c3cccc(-c4cccc(-c5nc(-c6ccccc6)nc(-c6ccccc6)n5)c4)c3)c21. The average Bonchev–Trinajstić information content (AvgIpc) is 3.35. The third-order valence-corrected chi connectivity index (χ3v) is 8.91. The van der Waals surface area contributed by atoms with Crippen molar-refractivity contribution in [1.82, 2.24) is 15.0 Å². The summed E-state index contributed by atoms with van der Waals surface area (Å²) in [5, 5.41) is 0. The van der Waals surface area contributed by atoms with Crippen molar-refractivity contribution in [1.29, 1.82) is 0 Å². The Labute approximate surface area is 264 Å². The molecule has 0 fully saturated rings. The highest BCUT2D eigenvalue weighted by Gasteiger charge is 2.37. The Balaban J connectivity index is 1.22. The van der Waals surface area contributed by atoms with Crippen LogP contribution in [0.3, 0.4) is 0 Å². The molecule has 0 bridgehead atoms. The van der Waals surface area contributed by atoms with Crippen LogP contribution in [0.1, 0.15) is 25.0 Å². The van der Waals surface area contributed by atoms with E-state index in [1.165, 1.54) is 33.4 Å². The number of hydrogen-bond acceptors (Lipinski definition) is 3. The molecule has 0 amide bonds. The van der Waals surface area contributed by atoms with Crippen molar-refractivity contribution in [2.24, 2.45) is 0 Å². The van der Waals surface area contributed by atoms with E-state index in [0.29, 0.717) is 17.5 Å². The van der Waals surface area contributed by atoms with Crippen molar-refractivity contribution in [2.45, 2.75) is 19.3 Å². The van der Waals surface area contributed by atoms with Gasteiger partial charge in [0.2, 0.25) is 0 Å². The summed E-state index contributed by atoms with van der Waals surface area (Å²) in [6, 6.07) is 53.1. The highest BCUT2D eigenvalue weighted by Crippen LogP contribution is 2.52. The van der Waals surface area contributed by atoms with Crippen LogP contribution in [0, 0.1) is 0 Å². The molecule has 6 aromatic carbocycles.